The molecule has 34 heavy (non-hydrogen) atoms. The van der Waals surface area contributed by atoms with Crippen molar-refractivity contribution in [1.82, 2.24) is 0 Å². The van der Waals surface area contributed by atoms with Gasteiger partial charge in [-0.1, -0.05) is 6.58 Å². The monoisotopic (exact) mass is 480 g/mol. The van der Waals surface area contributed by atoms with E-state index in [1.807, 2.05) is 0 Å². The lowest BCUT2D eigenvalue weighted by Crippen LogP contribution is -2.47. The van der Waals surface area contributed by atoms with Gasteiger partial charge >= 0.3 is 23.9 Å². The van der Waals surface area contributed by atoms with E-state index < -0.39 is 72.4 Å². The molecule has 0 aromatic carbocycles. The van der Waals surface area contributed by atoms with E-state index in [1.165, 1.54) is 6.92 Å². The molecule has 3 aliphatic rings. The Kier molecular flexibility index (Phi) is 6.99. The number of hydrogen-bond acceptors (Lipinski definition) is 11. The minimum atomic E-state index is -1.72. The van der Waals surface area contributed by atoms with Crippen LogP contribution in [-0.4, -0.2) is 77.5 Å². The van der Waals surface area contributed by atoms with Crippen LogP contribution in [0.3, 0.4) is 0 Å². The summed E-state index contributed by atoms with van der Waals surface area (Å²) >= 11 is 0. The zero-order valence-electron chi connectivity index (χ0n) is 19.5. The molecule has 1 saturated heterocycles. The number of carbonyl (C=O) groups excluding carboxylic acids is 5. The van der Waals surface area contributed by atoms with Gasteiger partial charge in [-0.3, -0.25) is 14.4 Å². The van der Waals surface area contributed by atoms with Crippen molar-refractivity contribution in [3.63, 3.8) is 0 Å². The van der Waals surface area contributed by atoms with Crippen molar-refractivity contribution in [3.05, 3.63) is 23.3 Å². The highest BCUT2D eigenvalue weighted by atomic mass is 16.7. The number of aliphatic hydroxyl groups is 1. The number of fused-ring (bicyclic) bond motifs is 3. The van der Waals surface area contributed by atoms with E-state index in [0.29, 0.717) is 0 Å². The molecule has 0 radical (unpaired) electrons. The van der Waals surface area contributed by atoms with Gasteiger partial charge in [0.15, 0.2) is 17.5 Å². The number of aliphatic hydroxyl groups excluding tert-OH is 1. The van der Waals surface area contributed by atoms with Crippen molar-refractivity contribution in [2.24, 2.45) is 0 Å². The first-order valence-corrected chi connectivity index (χ1v) is 10.8. The Morgan fingerprint density at radius 2 is 1.85 bits per heavy atom. The molecule has 0 unspecified atom stereocenters. The number of ketones is 1. The van der Waals surface area contributed by atoms with Gasteiger partial charge in [0.1, 0.15) is 18.8 Å². The number of esters is 4. The number of ether oxygens (including phenoxy) is 5. The van der Waals surface area contributed by atoms with Crippen LogP contribution in [0, 0.1) is 0 Å². The van der Waals surface area contributed by atoms with Crippen molar-refractivity contribution in [1.29, 1.82) is 0 Å². The van der Waals surface area contributed by atoms with Crippen LogP contribution >= 0.6 is 0 Å². The molecule has 186 valence electrons. The van der Waals surface area contributed by atoms with Crippen LogP contribution in [0.1, 0.15) is 47.0 Å². The number of hydrogen-bond donors (Lipinski definition) is 1. The molecule has 3 rings (SSSR count). The fourth-order valence-corrected chi connectivity index (χ4v) is 4.30. The highest BCUT2D eigenvalue weighted by molar-refractivity contribution is 5.95. The summed E-state index contributed by atoms with van der Waals surface area (Å²) in [4.78, 5) is 61.8. The average Bonchev–Trinajstić information content (AvgIpc) is 3.30. The second-order valence-electron chi connectivity index (χ2n) is 9.00. The van der Waals surface area contributed by atoms with Gasteiger partial charge < -0.3 is 28.8 Å². The van der Waals surface area contributed by atoms with Gasteiger partial charge in [0, 0.05) is 32.3 Å². The number of rotatable bonds is 6. The molecule has 1 N–H and O–H groups in total. The molecule has 1 aliphatic carbocycles. The predicted molar refractivity (Wildman–Crippen MR) is 112 cm³/mol. The number of epoxide rings is 1. The normalized spacial score (nSPS) is 32.7. The Bertz CT molecular complexity index is 979. The zero-order valence-corrected chi connectivity index (χ0v) is 19.5. The Morgan fingerprint density at radius 3 is 2.44 bits per heavy atom. The lowest BCUT2D eigenvalue weighted by Gasteiger charge is -2.34. The van der Waals surface area contributed by atoms with Crippen molar-refractivity contribution in [2.75, 3.05) is 13.2 Å². The summed E-state index contributed by atoms with van der Waals surface area (Å²) in [7, 11) is 0. The molecule has 5 atom stereocenters. The van der Waals surface area contributed by atoms with E-state index in [4.69, 9.17) is 23.7 Å². The van der Waals surface area contributed by atoms with Gasteiger partial charge in [0.05, 0.1) is 23.4 Å². The van der Waals surface area contributed by atoms with Crippen LogP contribution in [0.25, 0.3) is 0 Å². The first kappa shape index (κ1) is 25.6. The summed E-state index contributed by atoms with van der Waals surface area (Å²) in [6, 6.07) is 0. The second-order valence-corrected chi connectivity index (χ2v) is 9.00. The van der Waals surface area contributed by atoms with Gasteiger partial charge in [0.2, 0.25) is 0 Å². The SMILES string of the molecule is C=C(CO)C(=O)O[C@H]1C[C@@](C)(OC(C)=O)C(=O)CC[C@@]2(C)O[C@H]2[C@@H]2OC(=O)C(COC(C)=O)=C12. The molecule has 0 aromatic heterocycles. The van der Waals surface area contributed by atoms with Gasteiger partial charge in [-0.25, -0.2) is 9.59 Å². The van der Waals surface area contributed by atoms with Crippen LogP contribution in [0.5, 0.6) is 0 Å². The lowest BCUT2D eigenvalue weighted by molar-refractivity contribution is -0.169. The average molecular weight is 480 g/mol. The molecule has 0 aromatic rings. The summed E-state index contributed by atoms with van der Waals surface area (Å²) < 4.78 is 27.3. The van der Waals surface area contributed by atoms with Crippen molar-refractivity contribution >= 4 is 29.7 Å². The van der Waals surface area contributed by atoms with Crippen molar-refractivity contribution in [3.8, 4) is 0 Å². The molecule has 11 heteroatoms. The highest BCUT2D eigenvalue weighted by Crippen LogP contribution is 2.50. The van der Waals surface area contributed by atoms with Gasteiger partial charge in [-0.2, -0.15) is 0 Å². The molecule has 0 amide bonds. The van der Waals surface area contributed by atoms with E-state index in [1.54, 1.807) is 6.92 Å². The Labute approximate surface area is 196 Å². The van der Waals surface area contributed by atoms with E-state index in [2.05, 4.69) is 6.58 Å². The van der Waals surface area contributed by atoms with Crippen LogP contribution in [-0.2, 0) is 47.7 Å². The largest absolute Gasteiger partial charge is 0.461 e. The minimum absolute atomic E-state index is 0.000807. The lowest BCUT2D eigenvalue weighted by atomic mass is 9.80. The van der Waals surface area contributed by atoms with Crippen LogP contribution < -0.4 is 0 Å². The highest BCUT2D eigenvalue weighted by Gasteiger charge is 2.63. The fourth-order valence-electron chi connectivity index (χ4n) is 4.30. The smallest absolute Gasteiger partial charge is 0.338 e. The topological polar surface area (TPSA) is 155 Å². The summed E-state index contributed by atoms with van der Waals surface area (Å²) in [5, 5.41) is 9.30. The third-order valence-electron chi connectivity index (χ3n) is 6.23. The maximum absolute atomic E-state index is 13.2. The van der Waals surface area contributed by atoms with Gasteiger partial charge in [-0.05, 0) is 20.3 Å². The zero-order chi connectivity index (χ0) is 25.4. The molecule has 11 nitrogen and oxygen atoms in total. The first-order valence-electron chi connectivity index (χ1n) is 10.8. The Balaban J connectivity index is 2.14. The van der Waals surface area contributed by atoms with Gasteiger partial charge in [0.25, 0.3) is 0 Å². The molecule has 2 heterocycles. The van der Waals surface area contributed by atoms with Crippen LogP contribution in [0.2, 0.25) is 0 Å². The maximum Gasteiger partial charge on any atom is 0.338 e. The van der Waals surface area contributed by atoms with E-state index in [0.717, 1.165) is 13.8 Å². The van der Waals surface area contributed by atoms with Crippen molar-refractivity contribution < 1.29 is 52.8 Å². The maximum atomic E-state index is 13.2. The number of Topliss-reactive ketones (excluding diaryl/α,β-unsaturated/α-hetero) is 1. The Morgan fingerprint density at radius 1 is 1.18 bits per heavy atom. The number of carbonyl (C=O) groups is 5. The van der Waals surface area contributed by atoms with Crippen LogP contribution in [0.15, 0.2) is 23.3 Å². The van der Waals surface area contributed by atoms with E-state index in [9.17, 15) is 29.1 Å². The summed E-state index contributed by atoms with van der Waals surface area (Å²) in [5.74, 6) is -3.58. The van der Waals surface area contributed by atoms with Crippen LogP contribution in [0.4, 0.5) is 0 Å². The first-order chi connectivity index (χ1) is 15.8. The summed E-state index contributed by atoms with van der Waals surface area (Å²) in [5.41, 5.74) is -2.73. The van der Waals surface area contributed by atoms with Gasteiger partial charge in [-0.15, -0.1) is 0 Å². The Hall–Kier alpha value is -3.05. The second kappa shape index (κ2) is 9.30. The van der Waals surface area contributed by atoms with Crippen molar-refractivity contribution in [2.45, 2.75) is 76.5 Å². The fraction of sp³-hybridized carbons (Fsp3) is 0.609. The summed E-state index contributed by atoms with van der Waals surface area (Å²) in [6.07, 6.45) is -3.00. The molecular formula is C23H28O11. The predicted octanol–water partition coefficient (Wildman–Crippen LogP) is 0.464. The molecule has 0 spiro atoms. The standard InChI is InChI=1S/C23H28O11/c1-11(9-24)20(28)31-15-8-23(5,33-13(3)26)16(27)6-7-22(4)19(34-22)18-17(15)14(21(29)32-18)10-30-12(2)25/h15,18-19,24H,1,6-10H2,2-5H3/t15-,18+,19-,22+,23+/m0/s1. The quantitative estimate of drug-likeness (QED) is 0.244. The third kappa shape index (κ3) is 5.05. The molecular weight excluding hydrogens is 452 g/mol. The summed E-state index contributed by atoms with van der Waals surface area (Å²) in [6.45, 7) is 7.74. The third-order valence-corrected chi connectivity index (χ3v) is 6.23. The minimum Gasteiger partial charge on any atom is -0.461 e. The molecule has 2 aliphatic heterocycles. The molecule has 1 saturated carbocycles. The molecule has 0 bridgehead atoms. The molecule has 2 fully saturated rings. The van der Waals surface area contributed by atoms with E-state index >= 15 is 0 Å². The van der Waals surface area contributed by atoms with E-state index in [-0.39, 0.29) is 36.0 Å².